The number of aromatic nitrogens is 2. The molecule has 0 radical (unpaired) electrons. The highest BCUT2D eigenvalue weighted by molar-refractivity contribution is 9.10. The van der Waals surface area contributed by atoms with Gasteiger partial charge in [-0.25, -0.2) is 13.1 Å². The van der Waals surface area contributed by atoms with Crippen LogP contribution in [0.25, 0.3) is 0 Å². The molecule has 9 heteroatoms. The van der Waals surface area contributed by atoms with Crippen LogP contribution in [0.2, 0.25) is 0 Å². The van der Waals surface area contributed by atoms with Crippen LogP contribution in [-0.2, 0) is 26.8 Å². The van der Waals surface area contributed by atoms with E-state index in [0.717, 1.165) is 15.7 Å². The number of anilines is 1. The first kappa shape index (κ1) is 19.1. The minimum absolute atomic E-state index is 0.0293. The quantitative estimate of drug-likeness (QED) is 0.772. The third-order valence-corrected chi connectivity index (χ3v) is 6.44. The lowest BCUT2D eigenvalue weighted by atomic mass is 9.77. The fraction of sp³-hybridized carbons (Fsp3) is 0.412. The van der Waals surface area contributed by atoms with Crippen LogP contribution in [0, 0.1) is 0 Å². The molecule has 1 aromatic carbocycles. The van der Waals surface area contributed by atoms with Gasteiger partial charge in [0.05, 0.1) is 22.1 Å². The van der Waals surface area contributed by atoms with Crippen LogP contribution in [0.1, 0.15) is 25.8 Å². The van der Waals surface area contributed by atoms with E-state index in [1.807, 2.05) is 13.8 Å². The molecule has 2 heterocycles. The maximum atomic E-state index is 12.6. The Hall–Kier alpha value is -1.71. The molecule has 0 aliphatic carbocycles. The van der Waals surface area contributed by atoms with Crippen LogP contribution in [0.5, 0.6) is 0 Å². The van der Waals surface area contributed by atoms with Crippen molar-refractivity contribution < 1.29 is 13.2 Å². The van der Waals surface area contributed by atoms with Crippen LogP contribution >= 0.6 is 15.9 Å². The normalized spacial score (nSPS) is 16.6. The van der Waals surface area contributed by atoms with E-state index in [1.165, 1.54) is 6.07 Å². The molecule has 140 valence electrons. The van der Waals surface area contributed by atoms with Crippen molar-refractivity contribution in [1.29, 1.82) is 0 Å². The number of amides is 1. The van der Waals surface area contributed by atoms with Gasteiger partial charge in [0, 0.05) is 37.3 Å². The van der Waals surface area contributed by atoms with Crippen molar-refractivity contribution in [2.24, 2.45) is 0 Å². The summed E-state index contributed by atoms with van der Waals surface area (Å²) in [5.41, 5.74) is 1.20. The summed E-state index contributed by atoms with van der Waals surface area (Å²) in [5, 5.41) is 4.10. The second-order valence-corrected chi connectivity index (χ2v) is 9.69. The average Bonchev–Trinajstić information content (AvgIpc) is 2.97. The summed E-state index contributed by atoms with van der Waals surface area (Å²) in [4.78, 5) is 13.9. The van der Waals surface area contributed by atoms with Crippen molar-refractivity contribution in [3.8, 4) is 0 Å². The van der Waals surface area contributed by atoms with Gasteiger partial charge in [0.1, 0.15) is 0 Å². The van der Waals surface area contributed by atoms with Crippen molar-refractivity contribution in [2.45, 2.75) is 37.1 Å². The number of nitrogens with zero attached hydrogens (tertiary/aromatic N) is 3. The summed E-state index contributed by atoms with van der Waals surface area (Å²) in [5.74, 6) is 0.0293. The molecule has 0 atom stereocenters. The number of hydrogen-bond donors (Lipinski definition) is 1. The fourth-order valence-corrected chi connectivity index (χ4v) is 4.46. The van der Waals surface area contributed by atoms with E-state index in [2.05, 4.69) is 25.8 Å². The van der Waals surface area contributed by atoms with Crippen LogP contribution in [0.15, 0.2) is 40.0 Å². The Bertz CT molecular complexity index is 953. The molecule has 0 bridgehead atoms. The molecule has 7 nitrogen and oxygen atoms in total. The third-order valence-electron chi connectivity index (χ3n) is 4.57. The first-order valence-electron chi connectivity index (χ1n) is 8.19. The number of halogens is 1. The number of carbonyl (C=O) groups excluding carboxylic acids is 1. The Morgan fingerprint density at radius 2 is 2.08 bits per heavy atom. The van der Waals surface area contributed by atoms with Crippen molar-refractivity contribution in [3.05, 3.63) is 40.6 Å². The SMILES string of the molecule is CN1C(=O)CC(C)(C)c2cc(S(=O)(=O)NCCn3cc(Br)cn3)ccc21. The van der Waals surface area contributed by atoms with Gasteiger partial charge in [0.15, 0.2) is 0 Å². The van der Waals surface area contributed by atoms with Gasteiger partial charge in [-0.3, -0.25) is 9.48 Å². The zero-order chi connectivity index (χ0) is 19.1. The topological polar surface area (TPSA) is 84.3 Å². The predicted octanol–water partition coefficient (Wildman–Crippen LogP) is 2.27. The molecule has 0 unspecified atom stereocenters. The lowest BCUT2D eigenvalue weighted by Gasteiger charge is -2.37. The van der Waals surface area contributed by atoms with Crippen LogP contribution in [0.4, 0.5) is 5.69 Å². The Morgan fingerprint density at radius 3 is 2.73 bits per heavy atom. The van der Waals surface area contributed by atoms with E-state index < -0.39 is 15.4 Å². The molecule has 0 spiro atoms. The maximum absolute atomic E-state index is 12.6. The van der Waals surface area contributed by atoms with Gasteiger partial charge >= 0.3 is 0 Å². The Kier molecular flexibility index (Phi) is 4.98. The summed E-state index contributed by atoms with van der Waals surface area (Å²) in [6.45, 7) is 4.57. The highest BCUT2D eigenvalue weighted by atomic mass is 79.9. The number of carbonyl (C=O) groups is 1. The summed E-state index contributed by atoms with van der Waals surface area (Å²) in [6, 6.07) is 4.91. The highest BCUT2D eigenvalue weighted by Gasteiger charge is 2.36. The highest BCUT2D eigenvalue weighted by Crippen LogP contribution is 2.40. The number of benzene rings is 1. The minimum Gasteiger partial charge on any atom is -0.315 e. The monoisotopic (exact) mass is 440 g/mol. The van der Waals surface area contributed by atoms with Gasteiger partial charge in [-0.15, -0.1) is 0 Å². The number of rotatable bonds is 5. The molecular weight excluding hydrogens is 420 g/mol. The summed E-state index contributed by atoms with van der Waals surface area (Å²) >= 11 is 3.30. The van der Waals surface area contributed by atoms with Crippen LogP contribution < -0.4 is 9.62 Å². The van der Waals surface area contributed by atoms with Gasteiger partial charge in [-0.1, -0.05) is 13.8 Å². The molecule has 2 aromatic rings. The van der Waals surface area contributed by atoms with E-state index in [0.29, 0.717) is 13.0 Å². The molecule has 26 heavy (non-hydrogen) atoms. The van der Waals surface area contributed by atoms with E-state index >= 15 is 0 Å². The summed E-state index contributed by atoms with van der Waals surface area (Å²) in [7, 11) is -1.93. The van der Waals surface area contributed by atoms with Crippen LogP contribution in [0.3, 0.4) is 0 Å². The largest absolute Gasteiger partial charge is 0.315 e. The fourth-order valence-electron chi connectivity index (χ4n) is 3.08. The molecule has 1 aliphatic heterocycles. The number of hydrogen-bond acceptors (Lipinski definition) is 4. The molecule has 1 N–H and O–H groups in total. The molecule has 3 rings (SSSR count). The van der Waals surface area contributed by atoms with Crippen molar-refractivity contribution in [1.82, 2.24) is 14.5 Å². The molecule has 1 amide bonds. The van der Waals surface area contributed by atoms with Crippen molar-refractivity contribution in [2.75, 3.05) is 18.5 Å². The first-order chi connectivity index (χ1) is 12.1. The molecule has 0 fully saturated rings. The van der Waals surface area contributed by atoms with Crippen molar-refractivity contribution >= 4 is 37.5 Å². The molecular formula is C17H21BrN4O3S. The lowest BCUT2D eigenvalue weighted by Crippen LogP contribution is -2.39. The molecule has 1 aromatic heterocycles. The van der Waals surface area contributed by atoms with Gasteiger partial charge in [0.25, 0.3) is 0 Å². The van der Waals surface area contributed by atoms with Crippen molar-refractivity contribution in [3.63, 3.8) is 0 Å². The third kappa shape index (κ3) is 3.70. The van der Waals surface area contributed by atoms with Gasteiger partial charge in [-0.05, 0) is 39.7 Å². The molecule has 0 saturated carbocycles. The summed E-state index contributed by atoms with van der Waals surface area (Å²) < 4.78 is 30.4. The van der Waals surface area contributed by atoms with Gasteiger partial charge in [0.2, 0.25) is 15.9 Å². The average molecular weight is 441 g/mol. The standard InChI is InChI=1S/C17H21BrN4O3S/c1-17(2)9-16(23)21(3)15-5-4-13(8-14(15)17)26(24,25)20-6-7-22-11-12(18)10-19-22/h4-5,8,10-11,20H,6-7,9H2,1-3H3. The van der Waals surface area contributed by atoms with Gasteiger partial charge < -0.3 is 4.90 Å². The zero-order valence-corrected chi connectivity index (χ0v) is 17.3. The lowest BCUT2D eigenvalue weighted by molar-refractivity contribution is -0.119. The van der Waals surface area contributed by atoms with Crippen LogP contribution in [-0.4, -0.2) is 37.7 Å². The second-order valence-electron chi connectivity index (χ2n) is 7.01. The Morgan fingerprint density at radius 1 is 1.35 bits per heavy atom. The van der Waals surface area contributed by atoms with E-state index in [9.17, 15) is 13.2 Å². The zero-order valence-electron chi connectivity index (χ0n) is 14.9. The smallest absolute Gasteiger partial charge is 0.240 e. The Balaban J connectivity index is 1.81. The van der Waals surface area contributed by atoms with E-state index in [4.69, 9.17) is 0 Å². The minimum atomic E-state index is -3.64. The number of sulfonamides is 1. The Labute approximate surface area is 161 Å². The molecule has 1 aliphatic rings. The summed E-state index contributed by atoms with van der Waals surface area (Å²) in [6.07, 6.45) is 3.78. The number of nitrogens with one attached hydrogen (secondary N) is 1. The van der Waals surface area contributed by atoms with E-state index in [-0.39, 0.29) is 17.3 Å². The predicted molar refractivity (Wildman–Crippen MR) is 103 cm³/mol. The van der Waals surface area contributed by atoms with E-state index in [1.54, 1.807) is 41.2 Å². The maximum Gasteiger partial charge on any atom is 0.240 e. The second kappa shape index (κ2) is 6.79. The van der Waals surface area contributed by atoms with Gasteiger partial charge in [-0.2, -0.15) is 5.10 Å². The number of fused-ring (bicyclic) bond motifs is 1. The molecule has 0 saturated heterocycles. The first-order valence-corrected chi connectivity index (χ1v) is 10.5.